The monoisotopic (exact) mass is 170 g/mol. The summed E-state index contributed by atoms with van der Waals surface area (Å²) in [4.78, 5) is 14.2. The minimum Gasteiger partial charge on any atom is -0.356 e. The lowest BCUT2D eigenvalue weighted by atomic mass is 10.4. The number of carbonyl (C=O) groups is 1. The summed E-state index contributed by atoms with van der Waals surface area (Å²) in [6.45, 7) is 0. The largest absolute Gasteiger partial charge is 0.356 e. The zero-order chi connectivity index (χ0) is 8.06. The maximum absolute atomic E-state index is 11.5. The molecule has 58 valence electrons. The van der Waals surface area contributed by atoms with Crippen molar-refractivity contribution in [3.63, 3.8) is 0 Å². The molecule has 1 aromatic rings. The third-order valence-electron chi connectivity index (χ3n) is 1.59. The molecule has 1 aromatic heterocycles. The first kappa shape index (κ1) is 6.60. The molecule has 1 aliphatic rings. The summed E-state index contributed by atoms with van der Waals surface area (Å²) in [5, 5.41) is 0. The lowest BCUT2D eigenvalue weighted by Crippen LogP contribution is -1.90. The zero-order valence-electron chi connectivity index (χ0n) is 5.83. The second kappa shape index (κ2) is 1.73. The van der Waals surface area contributed by atoms with Crippen molar-refractivity contribution in [2.75, 3.05) is 6.26 Å². The number of hydrogen-bond acceptors (Lipinski definition) is 2. The lowest BCUT2D eigenvalue weighted by molar-refractivity contribution is 0.100. The van der Waals surface area contributed by atoms with Crippen molar-refractivity contribution < 1.29 is 9.00 Å². The topological polar surface area (TPSA) is 62.3 Å². The molecule has 0 aromatic carbocycles. The number of amides is 1. The molecule has 1 atom stereocenters. The molecule has 1 unspecified atom stereocenters. The van der Waals surface area contributed by atoms with Crippen LogP contribution in [0.25, 0.3) is 0 Å². The predicted molar refractivity (Wildman–Crippen MR) is 39.9 cm³/mol. The van der Waals surface area contributed by atoms with E-state index in [1.165, 1.54) is 6.26 Å². The van der Waals surface area contributed by atoms with Gasteiger partial charge in [0, 0.05) is 12.5 Å². The van der Waals surface area contributed by atoms with Gasteiger partial charge in [0.05, 0.1) is 14.6 Å². The minimum absolute atomic E-state index is 0.373. The zero-order valence-corrected chi connectivity index (χ0v) is 6.64. The lowest BCUT2D eigenvalue weighted by Gasteiger charge is -1.89. The molecule has 0 saturated heterocycles. The predicted octanol–water partition coefficient (Wildman–Crippen LogP) is 0.625. The summed E-state index contributed by atoms with van der Waals surface area (Å²) in [6.07, 6.45) is 3.06. The van der Waals surface area contributed by atoms with Gasteiger partial charge in [-0.15, -0.1) is 0 Å². The van der Waals surface area contributed by atoms with Gasteiger partial charge in [-0.1, -0.05) is 0 Å². The van der Waals surface area contributed by atoms with Gasteiger partial charge in [0.1, 0.15) is 5.69 Å². The number of aromatic amines is 1. The second-order valence-electron chi connectivity index (χ2n) is 2.42. The molecule has 0 aliphatic carbocycles. The molecule has 0 spiro atoms. The summed E-state index contributed by atoms with van der Waals surface area (Å²) < 4.78 is 15.0. The van der Waals surface area contributed by atoms with Crippen molar-refractivity contribution in [2.24, 2.45) is 4.36 Å². The molecule has 2 rings (SSSR count). The van der Waals surface area contributed by atoms with Gasteiger partial charge in [-0.25, -0.2) is 4.21 Å². The SMILES string of the molecule is CS1(=O)=NC(=O)c2[nH]ccc21. The molecule has 1 amide bonds. The number of fused-ring (bicyclic) bond motifs is 1. The first-order valence-corrected chi connectivity index (χ1v) is 4.97. The van der Waals surface area contributed by atoms with Crippen LogP contribution in [0.15, 0.2) is 21.5 Å². The van der Waals surface area contributed by atoms with E-state index in [-0.39, 0.29) is 0 Å². The van der Waals surface area contributed by atoms with Crippen LogP contribution < -0.4 is 0 Å². The normalized spacial score (nSPS) is 28.3. The summed E-state index contributed by atoms with van der Waals surface area (Å²) in [5.41, 5.74) is 0.373. The molecule has 1 aliphatic heterocycles. The highest BCUT2D eigenvalue weighted by molar-refractivity contribution is 7.93. The quantitative estimate of drug-likeness (QED) is 0.620. The van der Waals surface area contributed by atoms with Crippen LogP contribution in [0.5, 0.6) is 0 Å². The number of aromatic nitrogens is 1. The molecule has 4 nitrogen and oxygen atoms in total. The summed E-state index contributed by atoms with van der Waals surface area (Å²) in [7, 11) is -2.42. The van der Waals surface area contributed by atoms with Crippen molar-refractivity contribution in [1.29, 1.82) is 0 Å². The number of H-pyrrole nitrogens is 1. The number of nitrogens with one attached hydrogen (secondary N) is 1. The van der Waals surface area contributed by atoms with Crippen molar-refractivity contribution in [3.8, 4) is 0 Å². The molecule has 2 heterocycles. The number of carbonyl (C=O) groups excluding carboxylic acids is 1. The van der Waals surface area contributed by atoms with Gasteiger partial charge in [-0.2, -0.15) is 4.36 Å². The van der Waals surface area contributed by atoms with Crippen LogP contribution in [0.4, 0.5) is 0 Å². The molecule has 0 fully saturated rings. The van der Waals surface area contributed by atoms with E-state index < -0.39 is 15.6 Å². The van der Waals surface area contributed by atoms with Crippen LogP contribution in [0.1, 0.15) is 10.5 Å². The first-order chi connectivity index (χ1) is 5.11. The standard InChI is InChI=1S/C6H6N2O2S/c1-11(10)4-2-3-7-5(4)6(9)8-11/h2-3,7H,1H3. The Morgan fingerprint density at radius 2 is 2.36 bits per heavy atom. The molecular formula is C6H6N2O2S. The van der Waals surface area contributed by atoms with Gasteiger partial charge in [-0.05, 0) is 6.07 Å². The van der Waals surface area contributed by atoms with Gasteiger partial charge in [-0.3, -0.25) is 4.79 Å². The Bertz CT molecular complexity index is 437. The molecule has 11 heavy (non-hydrogen) atoms. The number of hydrogen-bond donors (Lipinski definition) is 1. The van der Waals surface area contributed by atoms with Crippen LogP contribution in [0, 0.1) is 0 Å². The third-order valence-corrected chi connectivity index (χ3v) is 3.26. The van der Waals surface area contributed by atoms with E-state index in [2.05, 4.69) is 9.35 Å². The fourth-order valence-electron chi connectivity index (χ4n) is 1.09. The molecular weight excluding hydrogens is 164 g/mol. The molecule has 0 saturated carbocycles. The average molecular weight is 170 g/mol. The van der Waals surface area contributed by atoms with Gasteiger partial charge in [0.2, 0.25) is 0 Å². The highest BCUT2D eigenvalue weighted by Gasteiger charge is 2.26. The van der Waals surface area contributed by atoms with E-state index in [0.29, 0.717) is 10.6 Å². The number of nitrogens with zero attached hydrogens (tertiary/aromatic N) is 1. The van der Waals surface area contributed by atoms with Crippen molar-refractivity contribution in [3.05, 3.63) is 18.0 Å². The van der Waals surface area contributed by atoms with Crippen LogP contribution in [0.3, 0.4) is 0 Å². The highest BCUT2D eigenvalue weighted by atomic mass is 32.2. The van der Waals surface area contributed by atoms with Crippen LogP contribution in [-0.4, -0.2) is 21.4 Å². The van der Waals surface area contributed by atoms with Crippen LogP contribution >= 0.6 is 0 Å². The van der Waals surface area contributed by atoms with Crippen molar-refractivity contribution in [2.45, 2.75) is 4.90 Å². The fraction of sp³-hybridized carbons (Fsp3) is 0.167. The Morgan fingerprint density at radius 1 is 1.64 bits per heavy atom. The van der Waals surface area contributed by atoms with Gasteiger partial charge in [0.25, 0.3) is 0 Å². The maximum Gasteiger partial charge on any atom is 0.303 e. The molecule has 0 radical (unpaired) electrons. The Morgan fingerprint density at radius 3 is 3.00 bits per heavy atom. The smallest absolute Gasteiger partial charge is 0.303 e. The Kier molecular flexibility index (Phi) is 1.04. The minimum atomic E-state index is -2.42. The Balaban J connectivity index is 2.89. The van der Waals surface area contributed by atoms with E-state index >= 15 is 0 Å². The number of rotatable bonds is 0. The summed E-state index contributed by atoms with van der Waals surface area (Å²) >= 11 is 0. The average Bonchev–Trinajstić information content (AvgIpc) is 2.37. The van der Waals surface area contributed by atoms with E-state index in [4.69, 9.17) is 0 Å². The fourth-order valence-corrected chi connectivity index (χ4v) is 2.44. The molecule has 5 heteroatoms. The Hall–Kier alpha value is -1.10. The molecule has 0 bridgehead atoms. The summed E-state index contributed by atoms with van der Waals surface area (Å²) in [6, 6.07) is 1.63. The highest BCUT2D eigenvalue weighted by Crippen LogP contribution is 2.23. The van der Waals surface area contributed by atoms with Gasteiger partial charge >= 0.3 is 5.91 Å². The van der Waals surface area contributed by atoms with Crippen LogP contribution in [-0.2, 0) is 9.73 Å². The van der Waals surface area contributed by atoms with E-state index in [9.17, 15) is 9.00 Å². The van der Waals surface area contributed by atoms with E-state index in [0.717, 1.165) is 0 Å². The van der Waals surface area contributed by atoms with Crippen LogP contribution in [0.2, 0.25) is 0 Å². The summed E-state index contributed by atoms with van der Waals surface area (Å²) in [5.74, 6) is -0.405. The Labute approximate surface area is 63.8 Å². The third kappa shape index (κ3) is 0.742. The first-order valence-electron chi connectivity index (χ1n) is 3.05. The van der Waals surface area contributed by atoms with Gasteiger partial charge < -0.3 is 4.98 Å². The van der Waals surface area contributed by atoms with E-state index in [1.54, 1.807) is 12.3 Å². The van der Waals surface area contributed by atoms with Gasteiger partial charge in [0.15, 0.2) is 0 Å². The second-order valence-corrected chi connectivity index (χ2v) is 4.64. The van der Waals surface area contributed by atoms with Crippen molar-refractivity contribution >= 4 is 15.6 Å². The molecule has 1 N–H and O–H groups in total. The van der Waals surface area contributed by atoms with E-state index in [1.807, 2.05) is 0 Å². The van der Waals surface area contributed by atoms with Crippen molar-refractivity contribution in [1.82, 2.24) is 4.98 Å². The maximum atomic E-state index is 11.5.